The van der Waals surface area contributed by atoms with E-state index < -0.39 is 0 Å². The molecule has 0 heterocycles. The normalized spacial score (nSPS) is 10.1. The van der Waals surface area contributed by atoms with Crippen LogP contribution in [0.4, 0.5) is 5.69 Å². The molecule has 1 aromatic carbocycles. The summed E-state index contributed by atoms with van der Waals surface area (Å²) in [4.78, 5) is 11.6. The Hall–Kier alpha value is -1.22. The Labute approximate surface area is 101 Å². The first-order valence-corrected chi connectivity index (χ1v) is 5.75. The maximum atomic E-state index is 11.6. The van der Waals surface area contributed by atoms with E-state index in [1.54, 1.807) is 18.2 Å². The summed E-state index contributed by atoms with van der Waals surface area (Å²) in [6.07, 6.45) is 3.04. The van der Waals surface area contributed by atoms with Gasteiger partial charge in [0.25, 0.3) is 0 Å². The van der Waals surface area contributed by atoms with E-state index in [1.165, 1.54) is 0 Å². The number of hydrogen-bond donors (Lipinski definition) is 1. The standard InChI is InChI=1S/C12H16ClNO2/c1-2-3-4-7-16-12(15)10-6-5-9(14)8-11(10)13/h5-6,8H,2-4,7,14H2,1H3. The Morgan fingerprint density at radius 2 is 2.19 bits per heavy atom. The number of anilines is 1. The summed E-state index contributed by atoms with van der Waals surface area (Å²) in [5.41, 5.74) is 6.43. The minimum absolute atomic E-state index is 0.334. The fourth-order valence-electron chi connectivity index (χ4n) is 1.29. The summed E-state index contributed by atoms with van der Waals surface area (Å²) >= 11 is 5.88. The lowest BCUT2D eigenvalue weighted by Gasteiger charge is -2.06. The predicted octanol–water partition coefficient (Wildman–Crippen LogP) is 3.27. The van der Waals surface area contributed by atoms with Crippen molar-refractivity contribution < 1.29 is 9.53 Å². The van der Waals surface area contributed by atoms with Crippen molar-refractivity contribution in [3.63, 3.8) is 0 Å². The van der Waals surface area contributed by atoms with Crippen LogP contribution in [0.2, 0.25) is 5.02 Å². The summed E-state index contributed by atoms with van der Waals surface area (Å²) in [7, 11) is 0. The third-order valence-corrected chi connectivity index (χ3v) is 2.51. The van der Waals surface area contributed by atoms with Crippen LogP contribution >= 0.6 is 11.6 Å². The Bertz CT molecular complexity index is 366. The Balaban J connectivity index is 2.53. The third-order valence-electron chi connectivity index (χ3n) is 2.19. The van der Waals surface area contributed by atoms with Gasteiger partial charge in [-0.1, -0.05) is 31.4 Å². The van der Waals surface area contributed by atoms with Crippen LogP contribution < -0.4 is 5.73 Å². The van der Waals surface area contributed by atoms with Crippen molar-refractivity contribution in [3.8, 4) is 0 Å². The van der Waals surface area contributed by atoms with Crippen LogP contribution in [0.5, 0.6) is 0 Å². The van der Waals surface area contributed by atoms with Gasteiger partial charge in [-0.15, -0.1) is 0 Å². The average Bonchev–Trinajstić information content (AvgIpc) is 2.24. The number of nitrogen functional groups attached to an aromatic ring is 1. The number of rotatable bonds is 5. The van der Waals surface area contributed by atoms with E-state index in [9.17, 15) is 4.79 Å². The van der Waals surface area contributed by atoms with E-state index in [0.717, 1.165) is 19.3 Å². The lowest BCUT2D eigenvalue weighted by Crippen LogP contribution is -2.07. The molecule has 0 radical (unpaired) electrons. The number of esters is 1. The van der Waals surface area contributed by atoms with Gasteiger partial charge in [-0.25, -0.2) is 4.79 Å². The van der Waals surface area contributed by atoms with Gasteiger partial charge in [0.1, 0.15) is 0 Å². The minimum atomic E-state index is -0.388. The van der Waals surface area contributed by atoms with Gasteiger partial charge in [0.15, 0.2) is 0 Å². The molecule has 3 nitrogen and oxygen atoms in total. The highest BCUT2D eigenvalue weighted by Gasteiger charge is 2.11. The van der Waals surface area contributed by atoms with Crippen molar-refractivity contribution in [2.45, 2.75) is 26.2 Å². The molecule has 1 aromatic rings. The van der Waals surface area contributed by atoms with E-state index in [2.05, 4.69) is 6.92 Å². The summed E-state index contributed by atoms with van der Waals surface area (Å²) < 4.78 is 5.09. The van der Waals surface area contributed by atoms with Crippen LogP contribution in [-0.2, 0) is 4.74 Å². The Kier molecular flexibility index (Phi) is 5.12. The van der Waals surface area contributed by atoms with Crippen LogP contribution in [0.15, 0.2) is 18.2 Å². The molecule has 2 N–H and O–H groups in total. The second-order valence-electron chi connectivity index (χ2n) is 3.58. The van der Waals surface area contributed by atoms with Crippen LogP contribution in [0, 0.1) is 0 Å². The average molecular weight is 242 g/mol. The molecule has 0 atom stereocenters. The van der Waals surface area contributed by atoms with E-state index in [0.29, 0.717) is 22.9 Å². The smallest absolute Gasteiger partial charge is 0.339 e. The van der Waals surface area contributed by atoms with Crippen molar-refractivity contribution in [1.29, 1.82) is 0 Å². The molecule has 0 saturated carbocycles. The molecule has 4 heteroatoms. The molecule has 0 saturated heterocycles. The van der Waals surface area contributed by atoms with Crippen molar-refractivity contribution in [2.75, 3.05) is 12.3 Å². The van der Waals surface area contributed by atoms with Crippen molar-refractivity contribution in [2.24, 2.45) is 0 Å². The molecule has 0 spiro atoms. The van der Waals surface area contributed by atoms with Gasteiger partial charge in [-0.3, -0.25) is 0 Å². The summed E-state index contributed by atoms with van der Waals surface area (Å²) in [6, 6.07) is 4.76. The van der Waals surface area contributed by atoms with Gasteiger partial charge in [0.05, 0.1) is 17.2 Å². The lowest BCUT2D eigenvalue weighted by molar-refractivity contribution is 0.0498. The fraction of sp³-hybridized carbons (Fsp3) is 0.417. The van der Waals surface area contributed by atoms with Crippen molar-refractivity contribution in [3.05, 3.63) is 28.8 Å². The van der Waals surface area contributed by atoms with Crippen LogP contribution in [0.25, 0.3) is 0 Å². The van der Waals surface area contributed by atoms with Gasteiger partial charge in [0, 0.05) is 5.69 Å². The second-order valence-corrected chi connectivity index (χ2v) is 3.99. The summed E-state index contributed by atoms with van der Waals surface area (Å²) in [6.45, 7) is 2.53. The number of hydrogen-bond acceptors (Lipinski definition) is 3. The molecule has 1 rings (SSSR count). The number of halogens is 1. The highest BCUT2D eigenvalue weighted by atomic mass is 35.5. The van der Waals surface area contributed by atoms with E-state index in [1.807, 2.05) is 0 Å². The molecular formula is C12H16ClNO2. The van der Waals surface area contributed by atoms with Crippen LogP contribution in [-0.4, -0.2) is 12.6 Å². The summed E-state index contributed by atoms with van der Waals surface area (Å²) in [5, 5.41) is 0.334. The van der Waals surface area contributed by atoms with E-state index in [-0.39, 0.29) is 5.97 Å². The first-order valence-electron chi connectivity index (χ1n) is 5.37. The van der Waals surface area contributed by atoms with Gasteiger partial charge >= 0.3 is 5.97 Å². The number of nitrogens with two attached hydrogens (primary N) is 1. The number of carbonyl (C=O) groups is 1. The molecule has 0 bridgehead atoms. The highest BCUT2D eigenvalue weighted by Crippen LogP contribution is 2.19. The molecule has 0 fully saturated rings. The zero-order valence-corrected chi connectivity index (χ0v) is 10.1. The fourth-order valence-corrected chi connectivity index (χ4v) is 1.56. The maximum absolute atomic E-state index is 11.6. The zero-order valence-electron chi connectivity index (χ0n) is 9.33. The van der Waals surface area contributed by atoms with Crippen molar-refractivity contribution in [1.82, 2.24) is 0 Å². The molecule has 16 heavy (non-hydrogen) atoms. The second kappa shape index (κ2) is 6.38. The van der Waals surface area contributed by atoms with Gasteiger partial charge in [-0.2, -0.15) is 0 Å². The number of benzene rings is 1. The minimum Gasteiger partial charge on any atom is -0.462 e. The SMILES string of the molecule is CCCCCOC(=O)c1ccc(N)cc1Cl. The maximum Gasteiger partial charge on any atom is 0.339 e. The third kappa shape index (κ3) is 3.74. The van der Waals surface area contributed by atoms with Gasteiger partial charge in [0.2, 0.25) is 0 Å². The van der Waals surface area contributed by atoms with Crippen LogP contribution in [0.1, 0.15) is 36.5 Å². The molecule has 0 amide bonds. The van der Waals surface area contributed by atoms with Gasteiger partial charge in [-0.05, 0) is 24.6 Å². The molecule has 0 aliphatic heterocycles. The Morgan fingerprint density at radius 3 is 2.81 bits per heavy atom. The monoisotopic (exact) mass is 241 g/mol. The quantitative estimate of drug-likeness (QED) is 0.489. The van der Waals surface area contributed by atoms with Crippen molar-refractivity contribution >= 4 is 23.3 Å². The number of unbranched alkanes of at least 4 members (excludes halogenated alkanes) is 2. The molecule has 0 aliphatic carbocycles. The Morgan fingerprint density at radius 1 is 1.44 bits per heavy atom. The highest BCUT2D eigenvalue weighted by molar-refractivity contribution is 6.33. The molecule has 88 valence electrons. The predicted molar refractivity (Wildman–Crippen MR) is 65.7 cm³/mol. The zero-order chi connectivity index (χ0) is 12.0. The molecule has 0 aromatic heterocycles. The number of ether oxygens (including phenoxy) is 1. The first-order chi connectivity index (χ1) is 7.65. The molecular weight excluding hydrogens is 226 g/mol. The van der Waals surface area contributed by atoms with E-state index >= 15 is 0 Å². The van der Waals surface area contributed by atoms with E-state index in [4.69, 9.17) is 22.1 Å². The number of carbonyl (C=O) groups excluding carboxylic acids is 1. The van der Waals surface area contributed by atoms with Gasteiger partial charge < -0.3 is 10.5 Å². The molecule has 0 unspecified atom stereocenters. The first kappa shape index (κ1) is 12.8. The largest absolute Gasteiger partial charge is 0.462 e. The summed E-state index contributed by atoms with van der Waals surface area (Å²) in [5.74, 6) is -0.388. The van der Waals surface area contributed by atoms with Crippen LogP contribution in [0.3, 0.4) is 0 Å². The molecule has 0 aliphatic rings. The topological polar surface area (TPSA) is 52.3 Å². The lowest BCUT2D eigenvalue weighted by atomic mass is 10.2.